The smallest absolute Gasteiger partial charge is 0.342 e. The van der Waals surface area contributed by atoms with Crippen LogP contribution in [0.5, 0.6) is 0 Å². The molecule has 0 N–H and O–H groups in total. The van der Waals surface area contributed by atoms with Gasteiger partial charge in [-0.1, -0.05) is 0 Å². The van der Waals surface area contributed by atoms with Crippen LogP contribution in [0.15, 0.2) is 6.20 Å². The van der Waals surface area contributed by atoms with E-state index in [2.05, 4.69) is 4.98 Å². The highest BCUT2D eigenvalue weighted by Crippen LogP contribution is 2.12. The molecule has 0 aliphatic carbocycles. The molecule has 1 rings (SSSR count). The summed E-state index contributed by atoms with van der Waals surface area (Å²) in [6, 6.07) is 0. The molecule has 0 unspecified atom stereocenters. The van der Waals surface area contributed by atoms with E-state index in [1.54, 1.807) is 14.0 Å². The lowest BCUT2D eigenvalue weighted by molar-refractivity contribution is -0.392. The van der Waals surface area contributed by atoms with E-state index in [-0.39, 0.29) is 5.82 Å². The molecular weight excluding hydrogens is 174 g/mol. The Hall–Kier alpha value is -1.43. The number of hydrogen-bond donors (Lipinski definition) is 0. The fraction of sp³-hybridized carbons (Fsp3) is 0.571. The summed E-state index contributed by atoms with van der Waals surface area (Å²) in [6.07, 6.45) is 1.25. The van der Waals surface area contributed by atoms with Crippen molar-refractivity contribution in [1.82, 2.24) is 9.55 Å². The summed E-state index contributed by atoms with van der Waals surface area (Å²) in [5.41, 5.74) is 0. The van der Waals surface area contributed by atoms with Crippen molar-refractivity contribution < 1.29 is 9.66 Å². The number of ether oxygens (including phenoxy) is 1. The van der Waals surface area contributed by atoms with Crippen LogP contribution in [0.4, 0.5) is 5.82 Å². The van der Waals surface area contributed by atoms with Crippen molar-refractivity contribution in [2.24, 2.45) is 0 Å². The minimum absolute atomic E-state index is 0.00884. The van der Waals surface area contributed by atoms with Crippen molar-refractivity contribution in [1.29, 1.82) is 0 Å². The van der Waals surface area contributed by atoms with Crippen LogP contribution in [-0.2, 0) is 11.3 Å². The normalized spacial score (nSPS) is 10.3. The molecule has 0 saturated carbocycles. The van der Waals surface area contributed by atoms with E-state index < -0.39 is 4.92 Å². The van der Waals surface area contributed by atoms with Gasteiger partial charge in [-0.3, -0.25) is 0 Å². The third-order valence-electron chi connectivity index (χ3n) is 1.74. The minimum Gasteiger partial charge on any atom is -0.381 e. The van der Waals surface area contributed by atoms with Crippen LogP contribution in [-0.4, -0.2) is 28.2 Å². The first-order chi connectivity index (χ1) is 6.16. The fourth-order valence-electron chi connectivity index (χ4n) is 1.06. The molecule has 1 aromatic rings. The van der Waals surface area contributed by atoms with E-state index in [0.29, 0.717) is 19.0 Å². The first kappa shape index (κ1) is 9.66. The van der Waals surface area contributed by atoms with Crippen LogP contribution in [0.1, 0.15) is 5.82 Å². The Morgan fingerprint density at radius 2 is 2.46 bits per heavy atom. The Bertz CT molecular complexity index is 308. The average molecular weight is 185 g/mol. The summed E-state index contributed by atoms with van der Waals surface area (Å²) in [5.74, 6) is 0.637. The maximum Gasteiger partial charge on any atom is 0.342 e. The lowest BCUT2D eigenvalue weighted by atomic mass is 10.6. The molecule has 0 aliphatic rings. The molecule has 0 spiro atoms. The van der Waals surface area contributed by atoms with Crippen molar-refractivity contribution in [3.63, 3.8) is 0 Å². The molecule has 0 saturated heterocycles. The molecule has 0 aromatic carbocycles. The SMILES string of the molecule is COCCn1c([N+](=O)[O-])cnc1C. The van der Waals surface area contributed by atoms with Crippen LogP contribution in [0.2, 0.25) is 0 Å². The third-order valence-corrected chi connectivity index (χ3v) is 1.74. The Morgan fingerprint density at radius 1 is 1.77 bits per heavy atom. The molecule has 0 bridgehead atoms. The zero-order chi connectivity index (χ0) is 9.84. The molecule has 72 valence electrons. The van der Waals surface area contributed by atoms with E-state index in [1.165, 1.54) is 10.8 Å². The van der Waals surface area contributed by atoms with Crippen molar-refractivity contribution in [2.75, 3.05) is 13.7 Å². The summed E-state index contributed by atoms with van der Waals surface area (Å²) in [5, 5.41) is 10.5. The summed E-state index contributed by atoms with van der Waals surface area (Å²) in [4.78, 5) is 13.9. The molecule has 6 heteroatoms. The topological polar surface area (TPSA) is 70.2 Å². The Kier molecular flexibility index (Phi) is 2.97. The number of nitro groups is 1. The van der Waals surface area contributed by atoms with Gasteiger partial charge in [0.1, 0.15) is 12.7 Å². The molecule has 0 amide bonds. The predicted octanol–water partition coefficient (Wildman–Crippen LogP) is 0.746. The quantitative estimate of drug-likeness (QED) is 0.512. The van der Waals surface area contributed by atoms with E-state index in [1.807, 2.05) is 0 Å². The average Bonchev–Trinajstić information content (AvgIpc) is 2.43. The maximum atomic E-state index is 10.5. The van der Waals surface area contributed by atoms with Gasteiger partial charge in [-0.25, -0.2) is 9.55 Å². The Labute approximate surface area is 75.3 Å². The minimum atomic E-state index is -0.449. The predicted molar refractivity (Wildman–Crippen MR) is 45.5 cm³/mol. The second-order valence-electron chi connectivity index (χ2n) is 2.57. The number of aromatic nitrogens is 2. The van der Waals surface area contributed by atoms with Gasteiger partial charge in [0.2, 0.25) is 0 Å². The monoisotopic (exact) mass is 185 g/mol. The first-order valence-corrected chi connectivity index (χ1v) is 3.82. The van der Waals surface area contributed by atoms with Crippen LogP contribution < -0.4 is 0 Å². The van der Waals surface area contributed by atoms with Gasteiger partial charge in [-0.15, -0.1) is 0 Å². The highest BCUT2D eigenvalue weighted by molar-refractivity contribution is 5.18. The van der Waals surface area contributed by atoms with Crippen LogP contribution >= 0.6 is 0 Å². The summed E-state index contributed by atoms with van der Waals surface area (Å²) in [7, 11) is 1.55. The highest BCUT2D eigenvalue weighted by atomic mass is 16.6. The van der Waals surface area contributed by atoms with E-state index in [0.717, 1.165) is 0 Å². The van der Waals surface area contributed by atoms with Crippen LogP contribution in [0.25, 0.3) is 0 Å². The number of imidazole rings is 1. The second kappa shape index (κ2) is 3.99. The van der Waals surface area contributed by atoms with E-state index in [4.69, 9.17) is 4.74 Å². The zero-order valence-electron chi connectivity index (χ0n) is 7.56. The van der Waals surface area contributed by atoms with Crippen molar-refractivity contribution in [3.8, 4) is 0 Å². The molecule has 6 nitrogen and oxygen atoms in total. The molecule has 0 radical (unpaired) electrons. The lowest BCUT2D eigenvalue weighted by Gasteiger charge is -2.00. The Morgan fingerprint density at radius 3 is 3.00 bits per heavy atom. The molecule has 13 heavy (non-hydrogen) atoms. The molecule has 0 aliphatic heterocycles. The van der Waals surface area contributed by atoms with Crippen molar-refractivity contribution in [3.05, 3.63) is 22.1 Å². The van der Waals surface area contributed by atoms with Crippen molar-refractivity contribution >= 4 is 5.82 Å². The fourth-order valence-corrected chi connectivity index (χ4v) is 1.06. The molecule has 0 atom stereocenters. The van der Waals surface area contributed by atoms with Gasteiger partial charge in [0.15, 0.2) is 5.82 Å². The van der Waals surface area contributed by atoms with E-state index in [9.17, 15) is 10.1 Å². The number of methoxy groups -OCH3 is 1. The summed E-state index contributed by atoms with van der Waals surface area (Å²) >= 11 is 0. The van der Waals surface area contributed by atoms with Gasteiger partial charge in [0.05, 0.1) is 6.61 Å². The molecular formula is C7H11N3O3. The van der Waals surface area contributed by atoms with E-state index >= 15 is 0 Å². The molecule has 0 fully saturated rings. The maximum absolute atomic E-state index is 10.5. The third kappa shape index (κ3) is 2.03. The molecule has 1 heterocycles. The summed E-state index contributed by atoms with van der Waals surface area (Å²) in [6.45, 7) is 2.62. The van der Waals surface area contributed by atoms with Crippen molar-refractivity contribution in [2.45, 2.75) is 13.5 Å². The standard InChI is InChI=1S/C7H11N3O3/c1-6-8-5-7(10(11)12)9(6)3-4-13-2/h5H,3-4H2,1-2H3. The number of nitrogens with zero attached hydrogens (tertiary/aromatic N) is 3. The second-order valence-corrected chi connectivity index (χ2v) is 2.57. The van der Waals surface area contributed by atoms with Gasteiger partial charge in [-0.05, 0) is 4.92 Å². The van der Waals surface area contributed by atoms with Gasteiger partial charge >= 0.3 is 5.82 Å². The van der Waals surface area contributed by atoms with Gasteiger partial charge < -0.3 is 14.9 Å². The summed E-state index contributed by atoms with van der Waals surface area (Å²) < 4.78 is 6.35. The number of rotatable bonds is 4. The van der Waals surface area contributed by atoms with Gasteiger partial charge in [0.25, 0.3) is 0 Å². The largest absolute Gasteiger partial charge is 0.381 e. The lowest BCUT2D eigenvalue weighted by Crippen LogP contribution is -2.08. The van der Waals surface area contributed by atoms with Gasteiger partial charge in [0, 0.05) is 14.0 Å². The van der Waals surface area contributed by atoms with Crippen LogP contribution in [0, 0.1) is 17.0 Å². The van der Waals surface area contributed by atoms with Crippen LogP contribution in [0.3, 0.4) is 0 Å². The van der Waals surface area contributed by atoms with Gasteiger partial charge in [-0.2, -0.15) is 0 Å². The highest BCUT2D eigenvalue weighted by Gasteiger charge is 2.16. The number of hydrogen-bond acceptors (Lipinski definition) is 4. The Balaban J connectivity index is 2.88. The molecule has 1 aromatic heterocycles. The first-order valence-electron chi connectivity index (χ1n) is 3.82. The number of aryl methyl sites for hydroxylation is 1. The zero-order valence-corrected chi connectivity index (χ0v) is 7.56.